The van der Waals surface area contributed by atoms with Gasteiger partial charge in [-0.1, -0.05) is 24.3 Å². The summed E-state index contributed by atoms with van der Waals surface area (Å²) in [6.07, 6.45) is 0.737. The molecule has 2 rings (SSSR count). The lowest BCUT2D eigenvalue weighted by molar-refractivity contribution is -0.384. The fourth-order valence-electron chi connectivity index (χ4n) is 1.92. The average molecular weight is 256 g/mol. The van der Waals surface area contributed by atoms with Crippen molar-refractivity contribution < 1.29 is 9.72 Å². The highest BCUT2D eigenvalue weighted by molar-refractivity contribution is 5.87. The summed E-state index contributed by atoms with van der Waals surface area (Å²) >= 11 is 0. The molecule has 0 aliphatic heterocycles. The minimum Gasteiger partial charge on any atom is -0.338 e. The molecule has 0 radical (unpaired) electrons. The van der Waals surface area contributed by atoms with E-state index in [1.54, 1.807) is 54.4 Å². The molecule has 0 fully saturated rings. The maximum Gasteiger partial charge on any atom is 0.292 e. The first-order chi connectivity index (χ1) is 9.15. The molecule has 0 atom stereocenters. The molecule has 0 aromatic heterocycles. The Kier molecular flexibility index (Phi) is 3.56. The molecule has 0 aliphatic rings. The Morgan fingerprint density at radius 3 is 2.26 bits per heavy atom. The molecular formula is C14H12N2O3. The molecule has 0 bridgehead atoms. The zero-order valence-corrected chi connectivity index (χ0v) is 10.3. The van der Waals surface area contributed by atoms with E-state index in [0.29, 0.717) is 16.9 Å². The second-order valence-electron chi connectivity index (χ2n) is 3.98. The SMILES string of the molecule is CN(c1ccccc1C=O)c1ccccc1[N+](=O)[O-]. The predicted molar refractivity (Wildman–Crippen MR) is 73.0 cm³/mol. The summed E-state index contributed by atoms with van der Waals surface area (Å²) in [5.74, 6) is 0. The third-order valence-corrected chi connectivity index (χ3v) is 2.86. The Morgan fingerprint density at radius 1 is 1.05 bits per heavy atom. The Bertz CT molecular complexity index is 626. The average Bonchev–Trinajstić information content (AvgIpc) is 2.46. The molecule has 0 N–H and O–H groups in total. The van der Waals surface area contributed by atoms with E-state index in [-0.39, 0.29) is 5.69 Å². The van der Waals surface area contributed by atoms with Crippen LogP contribution in [0.15, 0.2) is 48.5 Å². The third kappa shape index (κ3) is 2.44. The topological polar surface area (TPSA) is 63.5 Å². The highest BCUT2D eigenvalue weighted by Crippen LogP contribution is 2.33. The molecule has 0 unspecified atom stereocenters. The number of hydrogen-bond acceptors (Lipinski definition) is 4. The van der Waals surface area contributed by atoms with E-state index in [4.69, 9.17) is 0 Å². The second kappa shape index (κ2) is 5.30. The predicted octanol–water partition coefficient (Wildman–Crippen LogP) is 3.18. The molecule has 0 heterocycles. The van der Waals surface area contributed by atoms with Crippen molar-refractivity contribution in [3.05, 3.63) is 64.2 Å². The van der Waals surface area contributed by atoms with Crippen molar-refractivity contribution in [1.29, 1.82) is 0 Å². The van der Waals surface area contributed by atoms with E-state index in [1.165, 1.54) is 6.07 Å². The van der Waals surface area contributed by atoms with Crippen molar-refractivity contribution in [1.82, 2.24) is 0 Å². The molecule has 2 aromatic carbocycles. The molecule has 5 nitrogen and oxygen atoms in total. The van der Waals surface area contributed by atoms with Gasteiger partial charge in [0.25, 0.3) is 5.69 Å². The van der Waals surface area contributed by atoms with Gasteiger partial charge in [0.2, 0.25) is 0 Å². The molecule has 0 saturated carbocycles. The summed E-state index contributed by atoms with van der Waals surface area (Å²) in [5, 5.41) is 11.0. The van der Waals surface area contributed by atoms with Gasteiger partial charge in [-0.25, -0.2) is 0 Å². The third-order valence-electron chi connectivity index (χ3n) is 2.86. The van der Waals surface area contributed by atoms with Crippen molar-refractivity contribution in [3.8, 4) is 0 Å². The van der Waals surface area contributed by atoms with E-state index in [0.717, 1.165) is 6.29 Å². The number of rotatable bonds is 4. The monoisotopic (exact) mass is 256 g/mol. The van der Waals surface area contributed by atoms with Gasteiger partial charge in [0.1, 0.15) is 5.69 Å². The fourth-order valence-corrected chi connectivity index (χ4v) is 1.92. The highest BCUT2D eigenvalue weighted by Gasteiger charge is 2.18. The molecule has 0 saturated heterocycles. The Labute approximate surface area is 110 Å². The van der Waals surface area contributed by atoms with Crippen LogP contribution in [0.3, 0.4) is 0 Å². The lowest BCUT2D eigenvalue weighted by atomic mass is 10.1. The number of hydrogen-bond donors (Lipinski definition) is 0. The van der Waals surface area contributed by atoms with Gasteiger partial charge in [0.15, 0.2) is 6.29 Å². The maximum absolute atomic E-state index is 11.0. The minimum atomic E-state index is -0.435. The summed E-state index contributed by atoms with van der Waals surface area (Å²) in [6.45, 7) is 0. The zero-order valence-electron chi connectivity index (χ0n) is 10.3. The van der Waals surface area contributed by atoms with E-state index in [1.807, 2.05) is 0 Å². The second-order valence-corrected chi connectivity index (χ2v) is 3.98. The first kappa shape index (κ1) is 12.8. The standard InChI is InChI=1S/C14H12N2O3/c1-15(12-7-3-2-6-11(12)10-17)13-8-4-5-9-14(13)16(18)19/h2-10H,1H3. The van der Waals surface area contributed by atoms with Crippen LogP contribution >= 0.6 is 0 Å². The highest BCUT2D eigenvalue weighted by atomic mass is 16.6. The molecule has 2 aromatic rings. The summed E-state index contributed by atoms with van der Waals surface area (Å²) < 4.78 is 0. The van der Waals surface area contributed by atoms with Crippen molar-refractivity contribution >= 4 is 23.3 Å². The van der Waals surface area contributed by atoms with Gasteiger partial charge in [0, 0.05) is 18.7 Å². The number of nitro groups is 1. The van der Waals surface area contributed by atoms with E-state index in [9.17, 15) is 14.9 Å². The van der Waals surface area contributed by atoms with Gasteiger partial charge in [0.05, 0.1) is 10.6 Å². The quantitative estimate of drug-likeness (QED) is 0.479. The summed E-state index contributed by atoms with van der Waals surface area (Å²) in [7, 11) is 1.70. The lowest BCUT2D eigenvalue weighted by Gasteiger charge is -2.20. The van der Waals surface area contributed by atoms with Gasteiger partial charge in [-0.3, -0.25) is 14.9 Å². The number of carbonyl (C=O) groups excluding carboxylic acids is 1. The molecular weight excluding hydrogens is 244 g/mol. The van der Waals surface area contributed by atoms with Gasteiger partial charge < -0.3 is 4.90 Å². The van der Waals surface area contributed by atoms with Crippen LogP contribution in [0, 0.1) is 10.1 Å². The van der Waals surface area contributed by atoms with Crippen molar-refractivity contribution in [2.24, 2.45) is 0 Å². The first-order valence-corrected chi connectivity index (χ1v) is 5.66. The number of carbonyl (C=O) groups is 1. The van der Waals surface area contributed by atoms with E-state index < -0.39 is 4.92 Å². The van der Waals surface area contributed by atoms with Crippen LogP contribution < -0.4 is 4.90 Å². The normalized spacial score (nSPS) is 9.95. The van der Waals surface area contributed by atoms with E-state index in [2.05, 4.69) is 0 Å². The summed E-state index contributed by atoms with van der Waals surface area (Å²) in [5.41, 5.74) is 1.57. The molecule has 5 heteroatoms. The summed E-state index contributed by atoms with van der Waals surface area (Å²) in [6, 6.07) is 13.4. The van der Waals surface area contributed by atoms with Crippen LogP contribution in [0.25, 0.3) is 0 Å². The smallest absolute Gasteiger partial charge is 0.292 e. The number of aldehydes is 1. The van der Waals surface area contributed by atoms with Gasteiger partial charge >= 0.3 is 0 Å². The number of anilines is 2. The van der Waals surface area contributed by atoms with Crippen LogP contribution in [-0.2, 0) is 0 Å². The van der Waals surface area contributed by atoms with Crippen molar-refractivity contribution in [3.63, 3.8) is 0 Å². The van der Waals surface area contributed by atoms with Gasteiger partial charge in [-0.2, -0.15) is 0 Å². The van der Waals surface area contributed by atoms with E-state index >= 15 is 0 Å². The molecule has 96 valence electrons. The van der Waals surface area contributed by atoms with Crippen LogP contribution in [0.2, 0.25) is 0 Å². The minimum absolute atomic E-state index is 0.00528. The molecule has 0 spiro atoms. The zero-order chi connectivity index (χ0) is 13.8. The number of benzene rings is 2. The van der Waals surface area contributed by atoms with Crippen molar-refractivity contribution in [2.45, 2.75) is 0 Å². The number of nitro benzene ring substituents is 1. The summed E-state index contributed by atoms with van der Waals surface area (Å²) in [4.78, 5) is 23.2. The fraction of sp³-hybridized carbons (Fsp3) is 0.0714. The maximum atomic E-state index is 11.0. The largest absolute Gasteiger partial charge is 0.338 e. The Morgan fingerprint density at radius 2 is 1.63 bits per heavy atom. The number of nitrogens with zero attached hydrogens (tertiary/aromatic N) is 2. The van der Waals surface area contributed by atoms with Crippen LogP contribution in [0.1, 0.15) is 10.4 Å². The van der Waals surface area contributed by atoms with Gasteiger partial charge in [-0.15, -0.1) is 0 Å². The van der Waals surface area contributed by atoms with Crippen LogP contribution in [0.5, 0.6) is 0 Å². The van der Waals surface area contributed by atoms with Crippen molar-refractivity contribution in [2.75, 3.05) is 11.9 Å². The van der Waals surface area contributed by atoms with Crippen LogP contribution in [0.4, 0.5) is 17.1 Å². The van der Waals surface area contributed by atoms with Gasteiger partial charge in [-0.05, 0) is 18.2 Å². The molecule has 0 amide bonds. The lowest BCUT2D eigenvalue weighted by Crippen LogP contribution is -2.13. The van der Waals surface area contributed by atoms with Crippen LogP contribution in [-0.4, -0.2) is 18.3 Å². The first-order valence-electron chi connectivity index (χ1n) is 5.66. The Hall–Kier alpha value is -2.69. The Balaban J connectivity index is 2.53. The number of para-hydroxylation sites is 3. The molecule has 19 heavy (non-hydrogen) atoms. The molecule has 0 aliphatic carbocycles.